The van der Waals surface area contributed by atoms with Crippen molar-refractivity contribution in [3.05, 3.63) is 40.8 Å². The summed E-state index contributed by atoms with van der Waals surface area (Å²) in [6.45, 7) is 0.311. The predicted octanol–water partition coefficient (Wildman–Crippen LogP) is 2.22. The Morgan fingerprint density at radius 3 is 2.65 bits per heavy atom. The van der Waals surface area contributed by atoms with E-state index < -0.39 is 0 Å². The van der Waals surface area contributed by atoms with Crippen molar-refractivity contribution in [2.24, 2.45) is 0 Å². The highest BCUT2D eigenvalue weighted by Crippen LogP contribution is 2.30. The van der Waals surface area contributed by atoms with Crippen LogP contribution in [0.5, 0.6) is 0 Å². The van der Waals surface area contributed by atoms with Crippen molar-refractivity contribution in [2.45, 2.75) is 0 Å². The number of nitrogens with zero attached hydrogens (tertiary/aromatic N) is 3. The highest BCUT2D eigenvalue weighted by molar-refractivity contribution is 7.22. The van der Waals surface area contributed by atoms with E-state index in [2.05, 4.69) is 15.3 Å². The number of pyridine rings is 1. The number of fused-ring (bicyclic) bond motifs is 1. The van der Waals surface area contributed by atoms with Gasteiger partial charge in [-0.1, -0.05) is 17.4 Å². The van der Waals surface area contributed by atoms with E-state index in [9.17, 15) is 9.59 Å². The highest BCUT2D eigenvalue weighted by Gasteiger charge is 2.11. The Kier molecular flexibility index (Phi) is 5.06. The number of carbonyl (C=O) groups excluding carboxylic acids is 1. The summed E-state index contributed by atoms with van der Waals surface area (Å²) in [5, 5.41) is 3.41. The maximum atomic E-state index is 11.9. The summed E-state index contributed by atoms with van der Waals surface area (Å²) in [4.78, 5) is 34.6. The Labute approximate surface area is 155 Å². The van der Waals surface area contributed by atoms with Crippen LogP contribution in [0.3, 0.4) is 0 Å². The van der Waals surface area contributed by atoms with Gasteiger partial charge in [-0.05, 0) is 37.9 Å². The summed E-state index contributed by atoms with van der Waals surface area (Å²) in [6.07, 6.45) is 1.71. The summed E-state index contributed by atoms with van der Waals surface area (Å²) in [6, 6.07) is 7.76. The molecule has 2 N–H and O–H groups in total. The fraction of sp³-hybridized carbons (Fsp3) is 0.278. The lowest BCUT2D eigenvalue weighted by Gasteiger charge is -2.12. The SMILES string of the molecule is CN(C)CC(=O)Nc1nc2ccc(-c3c[nH]c(=O)c(N(C)C)c3)cc2s1. The Bertz CT molecular complexity index is 1010. The normalized spacial score (nSPS) is 11.1. The van der Waals surface area contributed by atoms with E-state index in [0.717, 1.165) is 21.3 Å². The van der Waals surface area contributed by atoms with Gasteiger partial charge in [0.15, 0.2) is 5.13 Å². The third-order valence-electron chi connectivity index (χ3n) is 3.79. The van der Waals surface area contributed by atoms with Crippen LogP contribution < -0.4 is 15.8 Å². The molecule has 0 atom stereocenters. The number of hydrogen-bond acceptors (Lipinski definition) is 6. The van der Waals surface area contributed by atoms with E-state index in [1.807, 2.05) is 52.5 Å². The topological polar surface area (TPSA) is 81.3 Å². The van der Waals surface area contributed by atoms with Crippen LogP contribution >= 0.6 is 11.3 Å². The number of likely N-dealkylation sites (N-methyl/N-ethyl adjacent to an activating group) is 1. The first kappa shape index (κ1) is 18.1. The minimum atomic E-state index is -0.122. The third kappa shape index (κ3) is 3.92. The van der Waals surface area contributed by atoms with Crippen LogP contribution in [0.25, 0.3) is 21.3 Å². The zero-order valence-electron chi connectivity index (χ0n) is 15.2. The molecule has 3 aromatic rings. The fourth-order valence-corrected chi connectivity index (χ4v) is 3.50. The number of amides is 1. The maximum absolute atomic E-state index is 11.9. The highest BCUT2D eigenvalue weighted by atomic mass is 32.1. The largest absolute Gasteiger partial charge is 0.373 e. The number of aromatic nitrogens is 2. The van der Waals surface area contributed by atoms with Crippen LogP contribution in [0.4, 0.5) is 10.8 Å². The molecule has 0 aliphatic heterocycles. The number of carbonyl (C=O) groups is 1. The smallest absolute Gasteiger partial charge is 0.271 e. The zero-order valence-corrected chi connectivity index (χ0v) is 16.0. The van der Waals surface area contributed by atoms with Gasteiger partial charge in [0, 0.05) is 25.9 Å². The molecule has 0 radical (unpaired) electrons. The lowest BCUT2D eigenvalue weighted by molar-refractivity contribution is -0.116. The Morgan fingerprint density at radius 1 is 1.19 bits per heavy atom. The number of benzene rings is 1. The number of aromatic amines is 1. The van der Waals surface area contributed by atoms with Crippen LogP contribution in [0, 0.1) is 0 Å². The second kappa shape index (κ2) is 7.27. The maximum Gasteiger partial charge on any atom is 0.271 e. The van der Waals surface area contributed by atoms with Crippen LogP contribution in [0.1, 0.15) is 0 Å². The molecule has 1 aromatic carbocycles. The lowest BCUT2D eigenvalue weighted by atomic mass is 10.1. The second-order valence-corrected chi connectivity index (χ2v) is 7.52. The molecule has 0 saturated carbocycles. The average molecular weight is 371 g/mol. The Morgan fingerprint density at radius 2 is 1.96 bits per heavy atom. The van der Waals surface area contributed by atoms with Gasteiger partial charge in [0.1, 0.15) is 5.69 Å². The van der Waals surface area contributed by atoms with Gasteiger partial charge >= 0.3 is 0 Å². The second-order valence-electron chi connectivity index (χ2n) is 6.48. The molecule has 1 amide bonds. The average Bonchev–Trinajstić information content (AvgIpc) is 2.95. The molecule has 2 heterocycles. The number of hydrogen-bond donors (Lipinski definition) is 2. The minimum Gasteiger partial charge on any atom is -0.373 e. The van der Waals surface area contributed by atoms with Crippen LogP contribution in [0.2, 0.25) is 0 Å². The molecule has 7 nitrogen and oxygen atoms in total. The van der Waals surface area contributed by atoms with Gasteiger partial charge in [0.25, 0.3) is 5.56 Å². The molecule has 0 aliphatic carbocycles. The summed E-state index contributed by atoms with van der Waals surface area (Å²) in [5.41, 5.74) is 3.21. The van der Waals surface area contributed by atoms with Crippen molar-refractivity contribution in [1.82, 2.24) is 14.9 Å². The van der Waals surface area contributed by atoms with Crippen molar-refractivity contribution in [1.29, 1.82) is 0 Å². The van der Waals surface area contributed by atoms with Gasteiger partial charge in [-0.3, -0.25) is 9.59 Å². The van der Waals surface area contributed by atoms with E-state index in [1.165, 1.54) is 11.3 Å². The molecule has 0 bridgehead atoms. The van der Waals surface area contributed by atoms with E-state index in [-0.39, 0.29) is 11.5 Å². The van der Waals surface area contributed by atoms with Gasteiger partial charge in [-0.25, -0.2) is 4.98 Å². The molecule has 136 valence electrons. The lowest BCUT2D eigenvalue weighted by Crippen LogP contribution is -2.26. The van der Waals surface area contributed by atoms with Crippen molar-refractivity contribution in [2.75, 3.05) is 45.0 Å². The molecule has 0 unspecified atom stereocenters. The minimum absolute atomic E-state index is 0.0921. The molecular weight excluding hydrogens is 350 g/mol. The van der Waals surface area contributed by atoms with E-state index in [0.29, 0.717) is 17.4 Å². The number of H-pyrrole nitrogens is 1. The number of anilines is 2. The monoisotopic (exact) mass is 371 g/mol. The van der Waals surface area contributed by atoms with Crippen LogP contribution in [-0.2, 0) is 4.79 Å². The first-order chi connectivity index (χ1) is 12.3. The van der Waals surface area contributed by atoms with Gasteiger partial charge in [0.05, 0.1) is 16.8 Å². The quantitative estimate of drug-likeness (QED) is 0.719. The van der Waals surface area contributed by atoms with Crippen LogP contribution in [-0.4, -0.2) is 55.5 Å². The Balaban J connectivity index is 1.91. The number of nitrogens with one attached hydrogen (secondary N) is 2. The van der Waals surface area contributed by atoms with Gasteiger partial charge in [-0.2, -0.15) is 0 Å². The predicted molar refractivity (Wildman–Crippen MR) is 107 cm³/mol. The zero-order chi connectivity index (χ0) is 18.8. The van der Waals surface area contributed by atoms with Crippen molar-refractivity contribution < 1.29 is 4.79 Å². The van der Waals surface area contributed by atoms with Crippen molar-refractivity contribution >= 4 is 38.3 Å². The summed E-state index contributed by atoms with van der Waals surface area (Å²) >= 11 is 1.43. The summed E-state index contributed by atoms with van der Waals surface area (Å²) in [7, 11) is 7.36. The molecular formula is C18H21N5O2S. The van der Waals surface area contributed by atoms with E-state index in [1.54, 1.807) is 16.0 Å². The molecule has 0 saturated heterocycles. The molecule has 0 fully saturated rings. The van der Waals surface area contributed by atoms with Crippen molar-refractivity contribution in [3.63, 3.8) is 0 Å². The van der Waals surface area contributed by atoms with Gasteiger partial charge in [0.2, 0.25) is 5.91 Å². The van der Waals surface area contributed by atoms with E-state index in [4.69, 9.17) is 0 Å². The third-order valence-corrected chi connectivity index (χ3v) is 4.73. The molecule has 0 aliphatic rings. The van der Waals surface area contributed by atoms with Gasteiger partial charge in [-0.15, -0.1) is 0 Å². The van der Waals surface area contributed by atoms with Crippen molar-refractivity contribution in [3.8, 4) is 11.1 Å². The first-order valence-electron chi connectivity index (χ1n) is 8.09. The van der Waals surface area contributed by atoms with Gasteiger partial charge < -0.3 is 20.1 Å². The molecule has 0 spiro atoms. The Hall–Kier alpha value is -2.71. The number of thiazole rings is 1. The first-order valence-corrected chi connectivity index (χ1v) is 8.91. The fourth-order valence-electron chi connectivity index (χ4n) is 2.57. The summed E-state index contributed by atoms with van der Waals surface area (Å²) in [5.74, 6) is -0.0921. The molecule has 26 heavy (non-hydrogen) atoms. The molecule has 8 heteroatoms. The summed E-state index contributed by atoms with van der Waals surface area (Å²) < 4.78 is 0.972. The van der Waals surface area contributed by atoms with E-state index >= 15 is 0 Å². The van der Waals surface area contributed by atoms with Crippen LogP contribution in [0.15, 0.2) is 35.3 Å². The standard InChI is InChI=1S/C18H21N5O2S/c1-22(2)10-16(24)21-18-20-13-6-5-11(8-15(13)26-18)12-7-14(23(3)4)17(25)19-9-12/h5-9H,10H2,1-4H3,(H,19,25)(H,20,21,24). The number of rotatable bonds is 5. The molecule has 2 aromatic heterocycles. The molecule has 3 rings (SSSR count).